The van der Waals surface area contributed by atoms with Crippen LogP contribution in [0.2, 0.25) is 0 Å². The van der Waals surface area contributed by atoms with Crippen LogP contribution in [0.15, 0.2) is 0 Å². The monoisotopic (exact) mass is 199 g/mol. The van der Waals surface area contributed by atoms with E-state index in [1.807, 2.05) is 7.11 Å². The summed E-state index contributed by atoms with van der Waals surface area (Å²) in [5.41, 5.74) is 0.478. The van der Waals surface area contributed by atoms with Crippen molar-refractivity contribution in [1.29, 1.82) is 0 Å². The predicted molar refractivity (Wildman–Crippen MR) is 60.5 cm³/mol. The van der Waals surface area contributed by atoms with E-state index in [1.54, 1.807) is 0 Å². The third kappa shape index (κ3) is 3.58. The molecule has 0 aromatic carbocycles. The lowest BCUT2D eigenvalue weighted by Crippen LogP contribution is -2.43. The lowest BCUT2D eigenvalue weighted by molar-refractivity contribution is 0.0179. The largest absolute Gasteiger partial charge is 0.384 e. The third-order valence-corrected chi connectivity index (χ3v) is 3.26. The van der Waals surface area contributed by atoms with E-state index in [-0.39, 0.29) is 0 Å². The number of rotatable bonds is 7. The summed E-state index contributed by atoms with van der Waals surface area (Å²) in [6, 6.07) is 0. The van der Waals surface area contributed by atoms with Crippen molar-refractivity contribution < 1.29 is 4.74 Å². The second-order valence-corrected chi connectivity index (χ2v) is 5.15. The first-order chi connectivity index (χ1) is 6.68. The molecule has 0 radical (unpaired) electrons. The van der Waals surface area contributed by atoms with Gasteiger partial charge in [-0.25, -0.2) is 0 Å². The molecule has 14 heavy (non-hydrogen) atoms. The fourth-order valence-corrected chi connectivity index (χ4v) is 2.10. The number of hydrogen-bond donors (Lipinski definition) is 1. The molecule has 1 N–H and O–H groups in total. The predicted octanol–water partition coefficient (Wildman–Crippen LogP) is 2.44. The Morgan fingerprint density at radius 2 is 2.07 bits per heavy atom. The summed E-state index contributed by atoms with van der Waals surface area (Å²) in [7, 11) is 1.81. The molecule has 0 aliphatic heterocycles. The van der Waals surface area contributed by atoms with Gasteiger partial charge in [-0.15, -0.1) is 0 Å². The molecular weight excluding hydrogens is 174 g/mol. The van der Waals surface area contributed by atoms with Crippen molar-refractivity contribution in [2.45, 2.75) is 39.5 Å². The fraction of sp³-hybridized carbons (Fsp3) is 1.00. The Hall–Kier alpha value is -0.0800. The molecule has 0 aromatic rings. The van der Waals surface area contributed by atoms with Crippen LogP contribution < -0.4 is 5.32 Å². The molecule has 0 amide bonds. The van der Waals surface area contributed by atoms with Crippen LogP contribution in [-0.2, 0) is 4.74 Å². The molecule has 0 saturated heterocycles. The van der Waals surface area contributed by atoms with Gasteiger partial charge in [0.15, 0.2) is 0 Å². The van der Waals surface area contributed by atoms with E-state index in [1.165, 1.54) is 25.7 Å². The van der Waals surface area contributed by atoms with Crippen molar-refractivity contribution in [2.75, 3.05) is 26.8 Å². The molecule has 0 heterocycles. The van der Waals surface area contributed by atoms with E-state index in [2.05, 4.69) is 19.2 Å². The Balaban J connectivity index is 2.09. The molecule has 84 valence electrons. The maximum atomic E-state index is 5.29. The van der Waals surface area contributed by atoms with Gasteiger partial charge in [-0.1, -0.05) is 20.3 Å². The Labute approximate surface area is 88.4 Å². The first kappa shape index (κ1) is 12.0. The van der Waals surface area contributed by atoms with E-state index in [4.69, 9.17) is 4.74 Å². The van der Waals surface area contributed by atoms with Crippen molar-refractivity contribution in [3.05, 3.63) is 0 Å². The van der Waals surface area contributed by atoms with Gasteiger partial charge in [0.05, 0.1) is 6.61 Å². The minimum Gasteiger partial charge on any atom is -0.384 e. The van der Waals surface area contributed by atoms with Crippen LogP contribution in [-0.4, -0.2) is 26.8 Å². The van der Waals surface area contributed by atoms with E-state index >= 15 is 0 Å². The van der Waals surface area contributed by atoms with Crippen LogP contribution >= 0.6 is 0 Å². The molecule has 2 heteroatoms. The van der Waals surface area contributed by atoms with Crippen LogP contribution in [0, 0.1) is 11.3 Å². The van der Waals surface area contributed by atoms with Crippen molar-refractivity contribution in [3.63, 3.8) is 0 Å². The molecular formula is C12H25NO. The average Bonchev–Trinajstić information content (AvgIpc) is 2.07. The highest BCUT2D eigenvalue weighted by Gasteiger charge is 2.36. The van der Waals surface area contributed by atoms with Gasteiger partial charge in [0, 0.05) is 19.1 Å². The fourth-order valence-electron chi connectivity index (χ4n) is 2.10. The third-order valence-electron chi connectivity index (χ3n) is 3.26. The Morgan fingerprint density at radius 3 is 2.50 bits per heavy atom. The number of hydrogen-bond acceptors (Lipinski definition) is 2. The molecule has 0 spiro atoms. The lowest BCUT2D eigenvalue weighted by atomic mass is 9.69. The van der Waals surface area contributed by atoms with E-state index in [0.29, 0.717) is 5.41 Å². The molecule has 1 aliphatic carbocycles. The summed E-state index contributed by atoms with van der Waals surface area (Å²) in [6.07, 6.45) is 5.35. The first-order valence-corrected chi connectivity index (χ1v) is 5.88. The summed E-state index contributed by atoms with van der Waals surface area (Å²) in [4.78, 5) is 0. The smallest absolute Gasteiger partial charge is 0.0530 e. The molecule has 0 bridgehead atoms. The van der Waals surface area contributed by atoms with Gasteiger partial charge >= 0.3 is 0 Å². The molecule has 1 saturated carbocycles. The highest BCUT2D eigenvalue weighted by Crippen LogP contribution is 2.40. The van der Waals surface area contributed by atoms with E-state index in [0.717, 1.165) is 25.6 Å². The van der Waals surface area contributed by atoms with Crippen molar-refractivity contribution in [3.8, 4) is 0 Å². The van der Waals surface area contributed by atoms with E-state index in [9.17, 15) is 0 Å². The van der Waals surface area contributed by atoms with Crippen LogP contribution in [0.1, 0.15) is 39.5 Å². The standard InChI is InChI=1S/C12H25NO/c1-11(2)5-8-13-9-12(10-14-3)6-4-7-12/h11,13H,4-10H2,1-3H3. The van der Waals surface area contributed by atoms with Crippen LogP contribution in [0.3, 0.4) is 0 Å². The van der Waals surface area contributed by atoms with Crippen molar-refractivity contribution >= 4 is 0 Å². The van der Waals surface area contributed by atoms with Crippen molar-refractivity contribution in [2.24, 2.45) is 11.3 Å². The molecule has 2 nitrogen and oxygen atoms in total. The summed E-state index contributed by atoms with van der Waals surface area (Å²) in [5, 5.41) is 3.56. The highest BCUT2D eigenvalue weighted by molar-refractivity contribution is 4.89. The number of ether oxygens (including phenoxy) is 1. The first-order valence-electron chi connectivity index (χ1n) is 5.88. The maximum absolute atomic E-state index is 5.29. The minimum absolute atomic E-state index is 0.478. The summed E-state index contributed by atoms with van der Waals surface area (Å²) in [5.74, 6) is 0.808. The average molecular weight is 199 g/mol. The molecule has 0 atom stereocenters. The second-order valence-electron chi connectivity index (χ2n) is 5.15. The second kappa shape index (κ2) is 5.72. The molecule has 1 fully saturated rings. The molecule has 0 aromatic heterocycles. The molecule has 1 rings (SSSR count). The highest BCUT2D eigenvalue weighted by atomic mass is 16.5. The van der Waals surface area contributed by atoms with Gasteiger partial charge < -0.3 is 10.1 Å². The lowest BCUT2D eigenvalue weighted by Gasteiger charge is -2.41. The minimum atomic E-state index is 0.478. The topological polar surface area (TPSA) is 21.3 Å². The van der Waals surface area contributed by atoms with Crippen LogP contribution in [0.25, 0.3) is 0 Å². The Kier molecular flexibility index (Phi) is 4.90. The van der Waals surface area contributed by atoms with E-state index < -0.39 is 0 Å². The van der Waals surface area contributed by atoms with Gasteiger partial charge in [-0.2, -0.15) is 0 Å². The summed E-state index contributed by atoms with van der Waals surface area (Å²) < 4.78 is 5.29. The Morgan fingerprint density at radius 1 is 1.36 bits per heavy atom. The van der Waals surface area contributed by atoms with Gasteiger partial charge in [0.1, 0.15) is 0 Å². The SMILES string of the molecule is COCC1(CNCCC(C)C)CCC1. The van der Waals surface area contributed by atoms with Gasteiger partial charge in [0.25, 0.3) is 0 Å². The summed E-state index contributed by atoms with van der Waals surface area (Å²) >= 11 is 0. The van der Waals surface area contributed by atoms with Gasteiger partial charge in [-0.05, 0) is 31.7 Å². The van der Waals surface area contributed by atoms with Gasteiger partial charge in [-0.3, -0.25) is 0 Å². The van der Waals surface area contributed by atoms with Crippen LogP contribution in [0.5, 0.6) is 0 Å². The zero-order valence-electron chi connectivity index (χ0n) is 9.94. The maximum Gasteiger partial charge on any atom is 0.0530 e. The zero-order chi connectivity index (χ0) is 10.4. The van der Waals surface area contributed by atoms with Crippen LogP contribution in [0.4, 0.5) is 0 Å². The zero-order valence-corrected chi connectivity index (χ0v) is 9.94. The molecule has 1 aliphatic rings. The normalized spacial score (nSPS) is 19.7. The summed E-state index contributed by atoms with van der Waals surface area (Å²) in [6.45, 7) is 7.78. The number of methoxy groups -OCH3 is 1. The number of nitrogens with one attached hydrogen (secondary N) is 1. The van der Waals surface area contributed by atoms with Gasteiger partial charge in [0.2, 0.25) is 0 Å². The molecule has 0 unspecified atom stereocenters. The quantitative estimate of drug-likeness (QED) is 0.636. The van der Waals surface area contributed by atoms with Crippen molar-refractivity contribution in [1.82, 2.24) is 5.32 Å². The Bertz CT molecular complexity index is 152.